The molecule has 4 rings (SSSR count). The minimum absolute atomic E-state index is 0.125. The molecule has 2 fully saturated rings. The lowest BCUT2D eigenvalue weighted by Gasteiger charge is -2.33. The maximum absolute atomic E-state index is 12.8. The number of hydrogen-bond acceptors (Lipinski definition) is 3. The molecule has 1 atom stereocenters. The van der Waals surface area contributed by atoms with Gasteiger partial charge >= 0.3 is 0 Å². The van der Waals surface area contributed by atoms with Gasteiger partial charge in [-0.1, -0.05) is 31.4 Å². The lowest BCUT2D eigenvalue weighted by Crippen LogP contribution is -2.46. The molecule has 1 saturated carbocycles. The van der Waals surface area contributed by atoms with Gasteiger partial charge in [-0.25, -0.2) is 4.98 Å². The standard InChI is InChI=1S/C22H32N4O/c1-2-26-20-13-7-6-12-19(20)24-21(26)16-25-14-8-9-17(15-25)22(27)23-18-10-4-3-5-11-18/h6-7,12-13,17-18H,2-5,8-11,14-16H2,1H3,(H,23,27)/t17-/m1/s1. The number of carbonyl (C=O) groups is 1. The van der Waals surface area contributed by atoms with Gasteiger partial charge in [0.2, 0.25) is 5.91 Å². The Hall–Kier alpha value is -1.88. The van der Waals surface area contributed by atoms with Crippen LogP contribution < -0.4 is 5.32 Å². The fourth-order valence-corrected chi connectivity index (χ4v) is 4.78. The normalized spacial score (nSPS) is 22.2. The van der Waals surface area contributed by atoms with E-state index in [9.17, 15) is 4.79 Å². The number of amides is 1. The lowest BCUT2D eigenvalue weighted by atomic mass is 9.93. The van der Waals surface area contributed by atoms with Crippen molar-refractivity contribution >= 4 is 16.9 Å². The van der Waals surface area contributed by atoms with Crippen LogP contribution in [0.3, 0.4) is 0 Å². The molecular weight excluding hydrogens is 336 g/mol. The second-order valence-electron chi connectivity index (χ2n) is 8.18. The number of fused-ring (bicyclic) bond motifs is 1. The third-order valence-electron chi connectivity index (χ3n) is 6.24. The van der Waals surface area contributed by atoms with Crippen LogP contribution in [-0.2, 0) is 17.9 Å². The highest BCUT2D eigenvalue weighted by molar-refractivity contribution is 5.79. The number of nitrogens with zero attached hydrogens (tertiary/aromatic N) is 3. The highest BCUT2D eigenvalue weighted by Crippen LogP contribution is 2.23. The first kappa shape index (κ1) is 18.5. The van der Waals surface area contributed by atoms with Gasteiger partial charge in [-0.15, -0.1) is 0 Å². The van der Waals surface area contributed by atoms with Gasteiger partial charge in [-0.2, -0.15) is 0 Å². The van der Waals surface area contributed by atoms with Crippen LogP contribution >= 0.6 is 0 Å². The van der Waals surface area contributed by atoms with Gasteiger partial charge in [0.25, 0.3) is 0 Å². The first-order valence-electron chi connectivity index (χ1n) is 10.7. The SMILES string of the molecule is CCn1c(CN2CCC[C@@H](C(=O)NC3CCCCC3)C2)nc2ccccc21. The van der Waals surface area contributed by atoms with E-state index >= 15 is 0 Å². The van der Waals surface area contributed by atoms with Crippen molar-refractivity contribution < 1.29 is 4.79 Å². The molecule has 2 heterocycles. The first-order valence-corrected chi connectivity index (χ1v) is 10.7. The van der Waals surface area contributed by atoms with Crippen LogP contribution in [-0.4, -0.2) is 39.5 Å². The summed E-state index contributed by atoms with van der Waals surface area (Å²) < 4.78 is 2.31. The third kappa shape index (κ3) is 4.18. The molecule has 27 heavy (non-hydrogen) atoms. The van der Waals surface area contributed by atoms with Crippen LogP contribution in [0.2, 0.25) is 0 Å². The van der Waals surface area contributed by atoms with E-state index in [1.807, 2.05) is 6.07 Å². The minimum Gasteiger partial charge on any atom is -0.353 e. The first-order chi connectivity index (χ1) is 13.2. The molecule has 5 heteroatoms. The molecule has 1 saturated heterocycles. The Kier molecular flexibility index (Phi) is 5.77. The number of hydrogen-bond donors (Lipinski definition) is 1. The lowest BCUT2D eigenvalue weighted by molar-refractivity contribution is -0.127. The monoisotopic (exact) mass is 368 g/mol. The fourth-order valence-electron chi connectivity index (χ4n) is 4.78. The predicted molar refractivity (Wildman–Crippen MR) is 108 cm³/mol. The Morgan fingerprint density at radius 3 is 2.78 bits per heavy atom. The zero-order valence-corrected chi connectivity index (χ0v) is 16.5. The maximum atomic E-state index is 12.8. The number of aromatic nitrogens is 2. The number of aryl methyl sites for hydroxylation is 1. The molecular formula is C22H32N4O. The van der Waals surface area contributed by atoms with Gasteiger partial charge in [0.05, 0.1) is 23.5 Å². The number of carbonyl (C=O) groups excluding carboxylic acids is 1. The summed E-state index contributed by atoms with van der Waals surface area (Å²) in [6.07, 6.45) is 8.26. The molecule has 1 amide bonds. The van der Waals surface area contributed by atoms with Crippen LogP contribution in [0.1, 0.15) is 57.7 Å². The van der Waals surface area contributed by atoms with Crippen LogP contribution in [0.25, 0.3) is 11.0 Å². The highest BCUT2D eigenvalue weighted by atomic mass is 16.2. The van der Waals surface area contributed by atoms with Crippen LogP contribution in [0, 0.1) is 5.92 Å². The van der Waals surface area contributed by atoms with E-state index in [0.29, 0.717) is 6.04 Å². The predicted octanol–water partition coefficient (Wildman–Crippen LogP) is 3.72. The molecule has 0 bridgehead atoms. The molecule has 1 aliphatic carbocycles. The second-order valence-corrected chi connectivity index (χ2v) is 8.18. The Balaban J connectivity index is 1.40. The number of likely N-dealkylation sites (tertiary alicyclic amines) is 1. The molecule has 1 aromatic carbocycles. The van der Waals surface area contributed by atoms with Crippen molar-refractivity contribution in [3.63, 3.8) is 0 Å². The van der Waals surface area contributed by atoms with Crippen molar-refractivity contribution in [1.82, 2.24) is 19.8 Å². The molecule has 1 N–H and O–H groups in total. The average molecular weight is 369 g/mol. The fraction of sp³-hybridized carbons (Fsp3) is 0.636. The Morgan fingerprint density at radius 1 is 1.15 bits per heavy atom. The molecule has 0 spiro atoms. The van der Waals surface area contributed by atoms with Gasteiger partial charge in [0, 0.05) is 19.1 Å². The number of rotatable bonds is 5. The summed E-state index contributed by atoms with van der Waals surface area (Å²) in [5.74, 6) is 1.52. The summed E-state index contributed by atoms with van der Waals surface area (Å²) in [5, 5.41) is 3.33. The summed E-state index contributed by atoms with van der Waals surface area (Å²) >= 11 is 0. The summed E-state index contributed by atoms with van der Waals surface area (Å²) in [6, 6.07) is 8.76. The van der Waals surface area contributed by atoms with E-state index in [0.717, 1.165) is 63.2 Å². The maximum Gasteiger partial charge on any atom is 0.224 e. The average Bonchev–Trinajstić information content (AvgIpc) is 3.06. The number of benzene rings is 1. The molecule has 1 aliphatic heterocycles. The van der Waals surface area contributed by atoms with E-state index in [1.165, 1.54) is 24.8 Å². The number of nitrogens with one attached hydrogen (secondary N) is 1. The summed E-state index contributed by atoms with van der Waals surface area (Å²) in [7, 11) is 0. The molecule has 0 unspecified atom stereocenters. The van der Waals surface area contributed by atoms with Gasteiger partial charge in [0.1, 0.15) is 5.82 Å². The summed E-state index contributed by atoms with van der Waals surface area (Å²) in [5.41, 5.74) is 2.27. The molecule has 1 aromatic heterocycles. The Labute approximate surface area is 162 Å². The molecule has 2 aliphatic rings. The van der Waals surface area contributed by atoms with E-state index in [4.69, 9.17) is 4.98 Å². The van der Waals surface area contributed by atoms with Crippen molar-refractivity contribution in [2.75, 3.05) is 13.1 Å². The second kappa shape index (κ2) is 8.42. The van der Waals surface area contributed by atoms with Gasteiger partial charge < -0.3 is 9.88 Å². The van der Waals surface area contributed by atoms with Crippen molar-refractivity contribution in [1.29, 1.82) is 0 Å². The molecule has 146 valence electrons. The quantitative estimate of drug-likeness (QED) is 0.875. The van der Waals surface area contributed by atoms with E-state index in [-0.39, 0.29) is 11.8 Å². The van der Waals surface area contributed by atoms with Gasteiger partial charge in [-0.3, -0.25) is 9.69 Å². The molecule has 2 aromatic rings. The van der Waals surface area contributed by atoms with Crippen LogP contribution in [0.15, 0.2) is 24.3 Å². The number of para-hydroxylation sites is 2. The Morgan fingerprint density at radius 2 is 1.96 bits per heavy atom. The van der Waals surface area contributed by atoms with Crippen molar-refractivity contribution in [3.05, 3.63) is 30.1 Å². The van der Waals surface area contributed by atoms with Crippen LogP contribution in [0.4, 0.5) is 0 Å². The van der Waals surface area contributed by atoms with E-state index < -0.39 is 0 Å². The minimum atomic E-state index is 0.125. The van der Waals surface area contributed by atoms with Crippen molar-refractivity contribution in [3.8, 4) is 0 Å². The number of imidazole rings is 1. The third-order valence-corrected chi connectivity index (χ3v) is 6.24. The summed E-state index contributed by atoms with van der Waals surface area (Å²) in [4.78, 5) is 20.1. The zero-order chi connectivity index (χ0) is 18.6. The zero-order valence-electron chi connectivity index (χ0n) is 16.5. The smallest absolute Gasteiger partial charge is 0.224 e. The molecule has 0 radical (unpaired) electrons. The highest BCUT2D eigenvalue weighted by Gasteiger charge is 2.28. The topological polar surface area (TPSA) is 50.2 Å². The van der Waals surface area contributed by atoms with Gasteiger partial charge in [-0.05, 0) is 51.3 Å². The Bertz CT molecular complexity index is 778. The molecule has 5 nitrogen and oxygen atoms in total. The summed E-state index contributed by atoms with van der Waals surface area (Å²) in [6.45, 7) is 5.84. The largest absolute Gasteiger partial charge is 0.353 e. The van der Waals surface area contributed by atoms with Crippen LogP contribution in [0.5, 0.6) is 0 Å². The van der Waals surface area contributed by atoms with Crippen molar-refractivity contribution in [2.24, 2.45) is 5.92 Å². The van der Waals surface area contributed by atoms with E-state index in [2.05, 4.69) is 39.9 Å². The number of piperidine rings is 1. The van der Waals surface area contributed by atoms with Crippen molar-refractivity contribution in [2.45, 2.75) is 71.0 Å². The van der Waals surface area contributed by atoms with E-state index in [1.54, 1.807) is 0 Å². The van der Waals surface area contributed by atoms with Gasteiger partial charge in [0.15, 0.2) is 0 Å².